The van der Waals surface area contributed by atoms with Gasteiger partial charge in [0, 0.05) is 19.6 Å². The van der Waals surface area contributed by atoms with E-state index in [1.165, 1.54) is 6.26 Å². The number of hydrogen-bond acceptors (Lipinski definition) is 4. The van der Waals surface area contributed by atoms with Gasteiger partial charge in [0.05, 0.1) is 29.8 Å². The fraction of sp³-hybridized carbons (Fsp3) is 0.474. The summed E-state index contributed by atoms with van der Waals surface area (Å²) in [5, 5.41) is 2.95. The third kappa shape index (κ3) is 3.78. The molecule has 1 aromatic heterocycles. The Morgan fingerprint density at radius 3 is 3.12 bits per heavy atom. The minimum absolute atomic E-state index is 0.0115. The number of aryl methyl sites for hydroxylation is 1. The van der Waals surface area contributed by atoms with Crippen LogP contribution in [0.2, 0.25) is 0 Å². The van der Waals surface area contributed by atoms with Crippen molar-refractivity contribution >= 4 is 22.9 Å². The van der Waals surface area contributed by atoms with E-state index < -0.39 is 0 Å². The number of nitrogens with zero attached hydrogens (tertiary/aromatic N) is 3. The van der Waals surface area contributed by atoms with E-state index in [0.29, 0.717) is 19.7 Å². The number of imidazole rings is 1. The molecule has 1 aromatic carbocycles. The monoisotopic (exact) mass is 342 g/mol. The van der Waals surface area contributed by atoms with Crippen LogP contribution in [0.3, 0.4) is 0 Å². The van der Waals surface area contributed by atoms with E-state index in [2.05, 4.69) is 34.4 Å². The minimum Gasteiger partial charge on any atom is -0.500 e. The van der Waals surface area contributed by atoms with E-state index in [9.17, 15) is 4.79 Å². The summed E-state index contributed by atoms with van der Waals surface area (Å²) in [5.41, 5.74) is 2.15. The molecule has 134 valence electrons. The second-order valence-corrected chi connectivity index (χ2v) is 6.26. The molecule has 0 unspecified atom stereocenters. The number of aromatic nitrogens is 2. The van der Waals surface area contributed by atoms with E-state index in [1.54, 1.807) is 0 Å². The highest BCUT2D eigenvalue weighted by atomic mass is 16.5. The van der Waals surface area contributed by atoms with Crippen LogP contribution in [-0.4, -0.2) is 41.7 Å². The number of amides is 1. The Bertz CT molecular complexity index is 740. The van der Waals surface area contributed by atoms with Crippen molar-refractivity contribution in [2.45, 2.75) is 26.3 Å². The summed E-state index contributed by atoms with van der Waals surface area (Å²) in [7, 11) is 0. The number of piperidine rings is 1. The highest BCUT2D eigenvalue weighted by molar-refractivity contribution is 5.81. The molecule has 0 aliphatic carbocycles. The van der Waals surface area contributed by atoms with Crippen molar-refractivity contribution < 1.29 is 9.53 Å². The SMILES string of the molecule is C=COCCNC(=O)[C@H]1CCCN(c2nc3ccccc3n2CC)C1. The van der Waals surface area contributed by atoms with Crippen LogP contribution in [0, 0.1) is 5.92 Å². The fourth-order valence-electron chi connectivity index (χ4n) is 3.45. The van der Waals surface area contributed by atoms with Gasteiger partial charge in [-0.2, -0.15) is 0 Å². The number of para-hydroxylation sites is 2. The number of fused-ring (bicyclic) bond motifs is 1. The maximum Gasteiger partial charge on any atom is 0.225 e. The first-order valence-electron chi connectivity index (χ1n) is 8.95. The van der Waals surface area contributed by atoms with Crippen LogP contribution < -0.4 is 10.2 Å². The average Bonchev–Trinajstić information content (AvgIpc) is 3.04. The number of rotatable bonds is 7. The van der Waals surface area contributed by atoms with Crippen LogP contribution in [0.4, 0.5) is 5.95 Å². The van der Waals surface area contributed by atoms with Gasteiger partial charge in [-0.05, 0) is 31.9 Å². The van der Waals surface area contributed by atoms with Gasteiger partial charge in [0.2, 0.25) is 11.9 Å². The van der Waals surface area contributed by atoms with Crippen LogP contribution in [0.15, 0.2) is 37.1 Å². The van der Waals surface area contributed by atoms with E-state index >= 15 is 0 Å². The van der Waals surface area contributed by atoms with Crippen LogP contribution in [0.5, 0.6) is 0 Å². The normalized spacial score (nSPS) is 17.5. The predicted molar refractivity (Wildman–Crippen MR) is 99.5 cm³/mol. The lowest BCUT2D eigenvalue weighted by atomic mass is 9.97. The van der Waals surface area contributed by atoms with Crippen LogP contribution in [0.25, 0.3) is 11.0 Å². The molecule has 1 fully saturated rings. The van der Waals surface area contributed by atoms with Crippen LogP contribution in [0.1, 0.15) is 19.8 Å². The Morgan fingerprint density at radius 2 is 2.32 bits per heavy atom. The molecule has 1 aliphatic heterocycles. The maximum absolute atomic E-state index is 12.4. The first kappa shape index (κ1) is 17.3. The lowest BCUT2D eigenvalue weighted by Gasteiger charge is -2.33. The molecule has 0 saturated carbocycles. The molecule has 6 nitrogen and oxygen atoms in total. The molecule has 1 N–H and O–H groups in total. The molecular weight excluding hydrogens is 316 g/mol. The smallest absolute Gasteiger partial charge is 0.225 e. The van der Waals surface area contributed by atoms with Gasteiger partial charge < -0.3 is 19.5 Å². The zero-order valence-corrected chi connectivity index (χ0v) is 14.8. The molecule has 1 atom stereocenters. The number of ether oxygens (including phenoxy) is 1. The Hall–Kier alpha value is -2.50. The maximum atomic E-state index is 12.4. The first-order valence-corrected chi connectivity index (χ1v) is 8.95. The Morgan fingerprint density at radius 1 is 1.48 bits per heavy atom. The third-order valence-corrected chi connectivity index (χ3v) is 4.66. The van der Waals surface area contributed by atoms with Gasteiger partial charge in [-0.3, -0.25) is 4.79 Å². The lowest BCUT2D eigenvalue weighted by Crippen LogP contribution is -2.44. The van der Waals surface area contributed by atoms with Crippen molar-refractivity contribution in [3.63, 3.8) is 0 Å². The first-order chi connectivity index (χ1) is 12.2. The van der Waals surface area contributed by atoms with Gasteiger partial charge in [-0.15, -0.1) is 0 Å². The molecule has 1 aliphatic rings. The number of nitrogens with one attached hydrogen (secondary N) is 1. The quantitative estimate of drug-likeness (QED) is 0.620. The van der Waals surface area contributed by atoms with Crippen molar-refractivity contribution in [1.29, 1.82) is 0 Å². The summed E-state index contributed by atoms with van der Waals surface area (Å²) in [5.74, 6) is 1.05. The standard InChI is InChI=1S/C19H26N4O2/c1-3-23-17-10-6-5-9-16(17)21-19(23)22-12-7-8-15(14-22)18(24)20-11-13-25-4-2/h4-6,9-10,15H,2-3,7-8,11-14H2,1H3,(H,20,24)/t15-/m0/s1. The topological polar surface area (TPSA) is 59.4 Å². The van der Waals surface area contributed by atoms with E-state index in [4.69, 9.17) is 9.72 Å². The van der Waals surface area contributed by atoms with E-state index in [-0.39, 0.29) is 11.8 Å². The summed E-state index contributed by atoms with van der Waals surface area (Å²) >= 11 is 0. The fourth-order valence-corrected chi connectivity index (χ4v) is 3.45. The summed E-state index contributed by atoms with van der Waals surface area (Å²) in [4.78, 5) is 19.5. The number of carbonyl (C=O) groups excluding carboxylic acids is 1. The van der Waals surface area contributed by atoms with Gasteiger partial charge in [0.1, 0.15) is 6.61 Å². The van der Waals surface area contributed by atoms with Crippen molar-refractivity contribution in [2.24, 2.45) is 5.92 Å². The number of benzene rings is 1. The Labute approximate surface area is 148 Å². The minimum atomic E-state index is -0.0115. The van der Waals surface area contributed by atoms with Crippen LogP contribution >= 0.6 is 0 Å². The summed E-state index contributed by atoms with van der Waals surface area (Å²) in [6.07, 6.45) is 3.30. The van der Waals surface area contributed by atoms with Crippen molar-refractivity contribution in [1.82, 2.24) is 14.9 Å². The molecule has 1 saturated heterocycles. The largest absolute Gasteiger partial charge is 0.500 e. The molecule has 2 aromatic rings. The Balaban J connectivity index is 1.71. The zero-order chi connectivity index (χ0) is 17.6. The van der Waals surface area contributed by atoms with Crippen molar-refractivity contribution in [3.05, 3.63) is 37.1 Å². The Kier molecular flexibility index (Phi) is 5.58. The van der Waals surface area contributed by atoms with Gasteiger partial charge in [0.15, 0.2) is 0 Å². The summed E-state index contributed by atoms with van der Waals surface area (Å²) < 4.78 is 7.28. The van der Waals surface area contributed by atoms with E-state index in [0.717, 1.165) is 42.9 Å². The second kappa shape index (κ2) is 8.05. The zero-order valence-electron chi connectivity index (χ0n) is 14.8. The van der Waals surface area contributed by atoms with Crippen LogP contribution in [-0.2, 0) is 16.1 Å². The lowest BCUT2D eigenvalue weighted by molar-refractivity contribution is -0.125. The molecular formula is C19H26N4O2. The van der Waals surface area contributed by atoms with Crippen molar-refractivity contribution in [2.75, 3.05) is 31.1 Å². The highest BCUT2D eigenvalue weighted by Crippen LogP contribution is 2.27. The van der Waals surface area contributed by atoms with Gasteiger partial charge >= 0.3 is 0 Å². The molecule has 0 radical (unpaired) electrons. The average molecular weight is 342 g/mol. The van der Waals surface area contributed by atoms with Gasteiger partial charge in [-0.1, -0.05) is 18.7 Å². The molecule has 3 rings (SSSR count). The second-order valence-electron chi connectivity index (χ2n) is 6.26. The number of anilines is 1. The molecule has 25 heavy (non-hydrogen) atoms. The van der Waals surface area contributed by atoms with E-state index in [1.807, 2.05) is 18.2 Å². The number of carbonyl (C=O) groups is 1. The van der Waals surface area contributed by atoms with Gasteiger partial charge in [0.25, 0.3) is 0 Å². The molecule has 0 spiro atoms. The summed E-state index contributed by atoms with van der Waals surface area (Å²) in [6.45, 7) is 9.10. The highest BCUT2D eigenvalue weighted by Gasteiger charge is 2.28. The van der Waals surface area contributed by atoms with Crippen molar-refractivity contribution in [3.8, 4) is 0 Å². The molecule has 6 heteroatoms. The molecule has 2 heterocycles. The summed E-state index contributed by atoms with van der Waals surface area (Å²) in [6, 6.07) is 8.19. The molecule has 1 amide bonds. The molecule has 0 bridgehead atoms. The predicted octanol–water partition coefficient (Wildman–Crippen LogP) is 2.55. The van der Waals surface area contributed by atoms with Gasteiger partial charge in [-0.25, -0.2) is 4.98 Å². The number of hydrogen-bond donors (Lipinski definition) is 1. The third-order valence-electron chi connectivity index (χ3n) is 4.66.